The number of nitrogens with zero attached hydrogens (tertiary/aromatic N) is 2. The van der Waals surface area contributed by atoms with Crippen molar-refractivity contribution in [1.82, 2.24) is 10.1 Å². The third kappa shape index (κ3) is 1.86. The van der Waals surface area contributed by atoms with Gasteiger partial charge in [-0.3, -0.25) is 0 Å². The molecule has 0 aromatic carbocycles. The minimum absolute atomic E-state index is 0.208. The summed E-state index contributed by atoms with van der Waals surface area (Å²) in [6, 6.07) is 0. The molecule has 0 saturated heterocycles. The summed E-state index contributed by atoms with van der Waals surface area (Å²) in [6.07, 6.45) is 0.956. The van der Waals surface area contributed by atoms with Crippen molar-refractivity contribution in [3.8, 4) is 0 Å². The Morgan fingerprint density at radius 1 is 1.64 bits per heavy atom. The highest BCUT2D eigenvalue weighted by Crippen LogP contribution is 2.08. The summed E-state index contributed by atoms with van der Waals surface area (Å²) in [5.74, 6) is 1.30. The summed E-state index contributed by atoms with van der Waals surface area (Å²) in [4.78, 5) is 14.0. The van der Waals surface area contributed by atoms with Crippen LogP contribution in [0, 0.1) is 0 Å². The Labute approximate surface area is 64.6 Å². The van der Waals surface area contributed by atoms with Crippen molar-refractivity contribution in [2.45, 2.75) is 26.2 Å². The van der Waals surface area contributed by atoms with E-state index in [1.807, 2.05) is 13.8 Å². The second-order valence-corrected chi connectivity index (χ2v) is 2.57. The number of aldehydes is 1. The first-order chi connectivity index (χ1) is 5.24. The van der Waals surface area contributed by atoms with E-state index in [0.717, 1.165) is 6.29 Å². The van der Waals surface area contributed by atoms with Crippen LogP contribution >= 0.6 is 0 Å². The van der Waals surface area contributed by atoms with Crippen molar-refractivity contribution >= 4 is 6.29 Å². The van der Waals surface area contributed by atoms with Gasteiger partial charge in [0.15, 0.2) is 5.82 Å². The maximum Gasteiger partial charge on any atom is 0.233 e. The first-order valence-corrected chi connectivity index (χ1v) is 3.50. The molecule has 0 aliphatic heterocycles. The molecule has 0 aliphatic carbocycles. The molecule has 0 N–H and O–H groups in total. The molecule has 1 aromatic heterocycles. The van der Waals surface area contributed by atoms with Gasteiger partial charge in [-0.15, -0.1) is 0 Å². The van der Waals surface area contributed by atoms with Crippen molar-refractivity contribution in [3.05, 3.63) is 11.7 Å². The van der Waals surface area contributed by atoms with Crippen molar-refractivity contribution in [2.24, 2.45) is 0 Å². The van der Waals surface area contributed by atoms with E-state index in [1.165, 1.54) is 0 Å². The average molecular weight is 154 g/mol. The molecule has 0 saturated carbocycles. The monoisotopic (exact) mass is 154 g/mol. The number of hydrogen-bond donors (Lipinski definition) is 0. The number of hydrogen-bond acceptors (Lipinski definition) is 4. The van der Waals surface area contributed by atoms with Gasteiger partial charge in [-0.2, -0.15) is 4.98 Å². The molecule has 0 radical (unpaired) electrons. The predicted octanol–water partition coefficient (Wildman–Crippen LogP) is 0.934. The van der Waals surface area contributed by atoms with Crippen LogP contribution in [0.25, 0.3) is 0 Å². The second-order valence-electron chi connectivity index (χ2n) is 2.57. The first-order valence-electron chi connectivity index (χ1n) is 3.50. The Morgan fingerprint density at radius 3 is 2.82 bits per heavy atom. The maximum absolute atomic E-state index is 10.0. The molecule has 1 heterocycles. The number of carbonyl (C=O) groups is 1. The van der Waals surface area contributed by atoms with E-state index in [0.29, 0.717) is 11.7 Å². The lowest BCUT2D eigenvalue weighted by molar-refractivity contribution is -0.107. The minimum Gasteiger partial charge on any atom is -0.339 e. The van der Waals surface area contributed by atoms with Crippen LogP contribution in [0.15, 0.2) is 4.52 Å². The van der Waals surface area contributed by atoms with Gasteiger partial charge in [0.2, 0.25) is 5.89 Å². The van der Waals surface area contributed by atoms with Crippen LogP contribution in [0.5, 0.6) is 0 Å². The number of rotatable bonds is 3. The van der Waals surface area contributed by atoms with Gasteiger partial charge in [0.05, 0.1) is 6.42 Å². The van der Waals surface area contributed by atoms with E-state index in [-0.39, 0.29) is 12.3 Å². The van der Waals surface area contributed by atoms with Crippen molar-refractivity contribution < 1.29 is 9.32 Å². The summed E-state index contributed by atoms with van der Waals surface area (Å²) in [5, 5.41) is 3.69. The topological polar surface area (TPSA) is 56.0 Å². The largest absolute Gasteiger partial charge is 0.339 e. The third-order valence-electron chi connectivity index (χ3n) is 1.26. The van der Waals surface area contributed by atoms with Crippen LogP contribution in [0.4, 0.5) is 0 Å². The lowest BCUT2D eigenvalue weighted by atomic mass is 10.2. The molecule has 0 unspecified atom stereocenters. The Morgan fingerprint density at radius 2 is 2.36 bits per heavy atom. The molecule has 4 nitrogen and oxygen atoms in total. The molecule has 1 rings (SSSR count). The summed E-state index contributed by atoms with van der Waals surface area (Å²) >= 11 is 0. The zero-order valence-electron chi connectivity index (χ0n) is 6.57. The Bertz CT molecular complexity index is 242. The fourth-order valence-electron chi connectivity index (χ4n) is 0.657. The second kappa shape index (κ2) is 3.27. The predicted molar refractivity (Wildman–Crippen MR) is 38.2 cm³/mol. The Balaban J connectivity index is 2.73. The van der Waals surface area contributed by atoms with Gasteiger partial charge >= 0.3 is 0 Å². The van der Waals surface area contributed by atoms with E-state index in [2.05, 4.69) is 10.1 Å². The van der Waals surface area contributed by atoms with Gasteiger partial charge in [-0.25, -0.2) is 0 Å². The summed E-state index contributed by atoms with van der Waals surface area (Å²) in [7, 11) is 0. The molecule has 11 heavy (non-hydrogen) atoms. The van der Waals surface area contributed by atoms with E-state index >= 15 is 0 Å². The fourth-order valence-corrected chi connectivity index (χ4v) is 0.657. The lowest BCUT2D eigenvalue weighted by Gasteiger charge is -1.91. The fraction of sp³-hybridized carbons (Fsp3) is 0.571. The Kier molecular flexibility index (Phi) is 2.36. The van der Waals surface area contributed by atoms with E-state index in [9.17, 15) is 4.79 Å². The van der Waals surface area contributed by atoms with Crippen molar-refractivity contribution in [1.29, 1.82) is 0 Å². The molecule has 60 valence electrons. The van der Waals surface area contributed by atoms with Crippen molar-refractivity contribution in [3.63, 3.8) is 0 Å². The first kappa shape index (κ1) is 7.91. The minimum atomic E-state index is 0.208. The van der Waals surface area contributed by atoms with Crippen LogP contribution < -0.4 is 0 Å². The van der Waals surface area contributed by atoms with Gasteiger partial charge in [-0.1, -0.05) is 19.0 Å². The summed E-state index contributed by atoms with van der Waals surface area (Å²) in [5.41, 5.74) is 0. The molecule has 0 aliphatic rings. The number of carbonyl (C=O) groups excluding carboxylic acids is 1. The molecule has 1 aromatic rings. The van der Waals surface area contributed by atoms with E-state index in [1.54, 1.807) is 0 Å². The Hall–Kier alpha value is -1.19. The smallest absolute Gasteiger partial charge is 0.233 e. The van der Waals surface area contributed by atoms with Crippen LogP contribution in [0.3, 0.4) is 0 Å². The van der Waals surface area contributed by atoms with Crippen LogP contribution in [-0.4, -0.2) is 16.4 Å². The molecule has 4 heteroatoms. The van der Waals surface area contributed by atoms with Gasteiger partial charge in [0, 0.05) is 5.92 Å². The lowest BCUT2D eigenvalue weighted by Crippen LogP contribution is -1.91. The SMILES string of the molecule is CC(C)c1noc(CC=O)n1. The normalized spacial score (nSPS) is 10.5. The summed E-state index contributed by atoms with van der Waals surface area (Å²) in [6.45, 7) is 3.94. The van der Waals surface area contributed by atoms with E-state index in [4.69, 9.17) is 4.52 Å². The zero-order valence-corrected chi connectivity index (χ0v) is 6.57. The number of aromatic nitrogens is 2. The van der Waals surface area contributed by atoms with Crippen molar-refractivity contribution in [2.75, 3.05) is 0 Å². The zero-order chi connectivity index (χ0) is 8.27. The van der Waals surface area contributed by atoms with Crippen LogP contribution in [-0.2, 0) is 11.2 Å². The standard InChI is InChI=1S/C7H10N2O2/c1-5(2)7-8-6(3-4-10)11-9-7/h4-5H,3H2,1-2H3. The summed E-state index contributed by atoms with van der Waals surface area (Å²) < 4.78 is 4.77. The third-order valence-corrected chi connectivity index (χ3v) is 1.26. The van der Waals surface area contributed by atoms with E-state index < -0.39 is 0 Å². The molecule has 0 fully saturated rings. The maximum atomic E-state index is 10.0. The molecular weight excluding hydrogens is 144 g/mol. The molecule has 0 spiro atoms. The molecule has 0 bridgehead atoms. The highest BCUT2D eigenvalue weighted by atomic mass is 16.5. The van der Waals surface area contributed by atoms with Gasteiger partial charge in [-0.05, 0) is 0 Å². The quantitative estimate of drug-likeness (QED) is 0.608. The molecular formula is C7H10N2O2. The van der Waals surface area contributed by atoms with Crippen LogP contribution in [0.2, 0.25) is 0 Å². The molecule has 0 amide bonds. The van der Waals surface area contributed by atoms with Crippen LogP contribution in [0.1, 0.15) is 31.5 Å². The average Bonchev–Trinajstić information content (AvgIpc) is 2.37. The highest BCUT2D eigenvalue weighted by Gasteiger charge is 2.07. The van der Waals surface area contributed by atoms with Gasteiger partial charge in [0.1, 0.15) is 6.29 Å². The molecule has 0 atom stereocenters. The highest BCUT2D eigenvalue weighted by molar-refractivity contribution is 5.52. The van der Waals surface area contributed by atoms with Gasteiger partial charge in [0.25, 0.3) is 0 Å². The van der Waals surface area contributed by atoms with Gasteiger partial charge < -0.3 is 9.32 Å².